The van der Waals surface area contributed by atoms with Crippen LogP contribution in [0.5, 0.6) is 5.75 Å². The quantitative estimate of drug-likeness (QED) is 0.345. The monoisotopic (exact) mass is 492 g/mol. The molecule has 1 unspecified atom stereocenters. The molecule has 0 saturated heterocycles. The molecule has 1 heterocycles. The van der Waals surface area contributed by atoms with E-state index < -0.39 is 12.1 Å². The molecule has 8 nitrogen and oxygen atoms in total. The first-order valence-electron chi connectivity index (χ1n) is 11.2. The Balaban J connectivity index is 1.52. The first-order chi connectivity index (χ1) is 16.9. The van der Waals surface area contributed by atoms with E-state index in [-0.39, 0.29) is 11.9 Å². The number of nitrogens with zero attached hydrogens (tertiary/aromatic N) is 3. The minimum atomic E-state index is -1.06. The van der Waals surface area contributed by atoms with E-state index in [1.54, 1.807) is 41.1 Å². The second-order valence-electron chi connectivity index (χ2n) is 8.15. The predicted octanol–water partition coefficient (Wildman–Crippen LogP) is 4.87. The Hall–Kier alpha value is -3.91. The summed E-state index contributed by atoms with van der Waals surface area (Å²) in [5, 5.41) is 21.1. The molecule has 2 N–H and O–H groups in total. The molecule has 0 saturated carbocycles. The highest BCUT2D eigenvalue weighted by Crippen LogP contribution is 2.25. The van der Waals surface area contributed by atoms with E-state index >= 15 is 0 Å². The lowest BCUT2D eigenvalue weighted by Crippen LogP contribution is -2.28. The first-order valence-corrected chi connectivity index (χ1v) is 11.6. The van der Waals surface area contributed by atoms with Crippen molar-refractivity contribution in [2.75, 3.05) is 0 Å². The number of benzene rings is 3. The lowest BCUT2D eigenvalue weighted by Gasteiger charge is -2.17. The fraction of sp³-hybridized carbons (Fsp3) is 0.231. The number of fused-ring (bicyclic) bond motifs is 1. The van der Waals surface area contributed by atoms with Gasteiger partial charge in [0.05, 0.1) is 18.1 Å². The number of carboxylic acids is 1. The Morgan fingerprint density at radius 2 is 1.89 bits per heavy atom. The topological polar surface area (TPSA) is 106 Å². The zero-order valence-corrected chi connectivity index (χ0v) is 20.1. The van der Waals surface area contributed by atoms with E-state index in [0.29, 0.717) is 34.0 Å². The summed E-state index contributed by atoms with van der Waals surface area (Å²) in [5.74, 6) is -0.846. The van der Waals surface area contributed by atoms with Crippen LogP contribution in [0.3, 0.4) is 0 Å². The predicted molar refractivity (Wildman–Crippen MR) is 133 cm³/mol. The Morgan fingerprint density at radius 3 is 2.60 bits per heavy atom. The van der Waals surface area contributed by atoms with Crippen molar-refractivity contribution in [1.82, 2.24) is 20.3 Å². The molecule has 2 atom stereocenters. The number of carbonyl (C=O) groups excluding carboxylic acids is 1. The molecular formula is C26H25ClN4O4. The summed E-state index contributed by atoms with van der Waals surface area (Å²) in [6.07, 6.45) is -0.224. The lowest BCUT2D eigenvalue weighted by molar-refractivity contribution is -0.144. The SMILES string of the molecule is CC[C@H](NC(=O)c1ccc2c(c1)nnn2Cc1cc(OC(C)C(=O)O)ccc1Cl)c1ccccc1. The van der Waals surface area contributed by atoms with Crippen molar-refractivity contribution >= 4 is 34.5 Å². The number of rotatable bonds is 9. The Labute approximate surface area is 207 Å². The van der Waals surface area contributed by atoms with Crippen LogP contribution in [0.1, 0.15) is 47.8 Å². The van der Waals surface area contributed by atoms with E-state index in [1.165, 1.54) is 6.92 Å². The van der Waals surface area contributed by atoms with Gasteiger partial charge in [0, 0.05) is 10.6 Å². The number of halogens is 1. The lowest BCUT2D eigenvalue weighted by atomic mass is 10.0. The van der Waals surface area contributed by atoms with Crippen LogP contribution in [-0.2, 0) is 11.3 Å². The van der Waals surface area contributed by atoms with Crippen molar-refractivity contribution in [2.24, 2.45) is 0 Å². The van der Waals surface area contributed by atoms with E-state index in [1.807, 2.05) is 37.3 Å². The molecule has 180 valence electrons. The van der Waals surface area contributed by atoms with E-state index in [9.17, 15) is 9.59 Å². The molecule has 0 spiro atoms. The van der Waals surface area contributed by atoms with Crippen LogP contribution < -0.4 is 10.1 Å². The first kappa shape index (κ1) is 24.2. The number of ether oxygens (including phenoxy) is 1. The third kappa shape index (κ3) is 5.60. The van der Waals surface area contributed by atoms with Gasteiger partial charge in [-0.15, -0.1) is 5.10 Å². The highest BCUT2D eigenvalue weighted by atomic mass is 35.5. The normalized spacial score (nSPS) is 12.8. The standard InChI is InChI=1S/C26H25ClN4O4/c1-3-22(17-7-5-4-6-8-17)28-25(32)18-9-12-24-23(14-18)29-30-31(24)15-19-13-20(10-11-21(19)27)35-16(2)26(33)34/h4-14,16,22H,3,15H2,1-2H3,(H,28,32)(H,33,34)/t16?,22-/m0/s1. The van der Waals surface area contributed by atoms with Gasteiger partial charge < -0.3 is 15.2 Å². The van der Waals surface area contributed by atoms with Gasteiger partial charge in [0.25, 0.3) is 5.91 Å². The molecule has 0 aliphatic carbocycles. The molecule has 0 aliphatic rings. The number of carbonyl (C=O) groups is 2. The zero-order chi connectivity index (χ0) is 24.9. The number of hydrogen-bond donors (Lipinski definition) is 2. The third-order valence-corrected chi connectivity index (χ3v) is 6.06. The van der Waals surface area contributed by atoms with E-state index in [2.05, 4.69) is 15.6 Å². The summed E-state index contributed by atoms with van der Waals surface area (Å²) in [6, 6.07) is 20.0. The van der Waals surface area contributed by atoms with Crippen molar-refractivity contribution in [3.05, 3.63) is 88.4 Å². The van der Waals surface area contributed by atoms with E-state index in [0.717, 1.165) is 17.5 Å². The van der Waals surface area contributed by atoms with Crippen molar-refractivity contribution in [1.29, 1.82) is 0 Å². The van der Waals surface area contributed by atoms with Crippen LogP contribution in [0, 0.1) is 0 Å². The largest absolute Gasteiger partial charge is 0.479 e. The molecule has 0 radical (unpaired) electrons. The number of aromatic nitrogens is 3. The highest BCUT2D eigenvalue weighted by molar-refractivity contribution is 6.31. The molecular weight excluding hydrogens is 468 g/mol. The van der Waals surface area contributed by atoms with E-state index in [4.69, 9.17) is 21.4 Å². The second kappa shape index (κ2) is 10.6. The van der Waals surface area contributed by atoms with Crippen LogP contribution in [0.25, 0.3) is 11.0 Å². The highest BCUT2D eigenvalue weighted by Gasteiger charge is 2.17. The molecule has 1 amide bonds. The van der Waals surface area contributed by atoms with Gasteiger partial charge in [0.15, 0.2) is 6.10 Å². The second-order valence-corrected chi connectivity index (χ2v) is 8.55. The fourth-order valence-electron chi connectivity index (χ4n) is 3.74. The maximum absolute atomic E-state index is 12.9. The van der Waals surface area contributed by atoms with Gasteiger partial charge >= 0.3 is 5.97 Å². The maximum Gasteiger partial charge on any atom is 0.344 e. The molecule has 3 aromatic carbocycles. The maximum atomic E-state index is 12.9. The Bertz CT molecular complexity index is 1360. The third-order valence-electron chi connectivity index (χ3n) is 5.69. The minimum Gasteiger partial charge on any atom is -0.479 e. The summed E-state index contributed by atoms with van der Waals surface area (Å²) in [5.41, 5.74) is 3.56. The number of aliphatic carboxylic acids is 1. The zero-order valence-electron chi connectivity index (χ0n) is 19.3. The van der Waals surface area contributed by atoms with Gasteiger partial charge in [-0.1, -0.05) is 54.1 Å². The molecule has 0 bridgehead atoms. The Kier molecular flexibility index (Phi) is 7.31. The van der Waals surface area contributed by atoms with Crippen LogP contribution in [0.2, 0.25) is 5.02 Å². The number of hydrogen-bond acceptors (Lipinski definition) is 5. The van der Waals surface area contributed by atoms with Crippen molar-refractivity contribution in [2.45, 2.75) is 39.0 Å². The van der Waals surface area contributed by atoms with Crippen LogP contribution in [0.15, 0.2) is 66.7 Å². The Morgan fingerprint density at radius 1 is 1.11 bits per heavy atom. The molecule has 35 heavy (non-hydrogen) atoms. The number of carboxylic acid groups (broad SMARTS) is 1. The summed E-state index contributed by atoms with van der Waals surface area (Å²) < 4.78 is 7.11. The number of amides is 1. The van der Waals surface area contributed by atoms with Crippen LogP contribution >= 0.6 is 11.6 Å². The van der Waals surface area contributed by atoms with Gasteiger partial charge in [0.2, 0.25) is 0 Å². The fourth-order valence-corrected chi connectivity index (χ4v) is 3.92. The summed E-state index contributed by atoms with van der Waals surface area (Å²) in [7, 11) is 0. The molecule has 0 fully saturated rings. The smallest absolute Gasteiger partial charge is 0.344 e. The van der Waals surface area contributed by atoms with Gasteiger partial charge in [-0.05, 0) is 60.9 Å². The summed E-state index contributed by atoms with van der Waals surface area (Å²) in [4.78, 5) is 24.0. The average Bonchev–Trinajstić information content (AvgIpc) is 3.26. The van der Waals surface area contributed by atoms with Gasteiger partial charge in [-0.2, -0.15) is 0 Å². The van der Waals surface area contributed by atoms with Gasteiger partial charge in [0.1, 0.15) is 11.3 Å². The number of nitrogens with one attached hydrogen (secondary N) is 1. The van der Waals surface area contributed by atoms with Gasteiger partial charge in [-0.3, -0.25) is 4.79 Å². The van der Waals surface area contributed by atoms with Crippen molar-refractivity contribution < 1.29 is 19.4 Å². The molecule has 4 aromatic rings. The van der Waals surface area contributed by atoms with Crippen LogP contribution in [-0.4, -0.2) is 38.1 Å². The summed E-state index contributed by atoms with van der Waals surface area (Å²) >= 11 is 6.36. The van der Waals surface area contributed by atoms with Crippen molar-refractivity contribution in [3.63, 3.8) is 0 Å². The minimum absolute atomic E-state index is 0.0874. The molecule has 9 heteroatoms. The molecule has 4 rings (SSSR count). The average molecular weight is 493 g/mol. The van der Waals surface area contributed by atoms with Crippen molar-refractivity contribution in [3.8, 4) is 5.75 Å². The molecule has 0 aliphatic heterocycles. The molecule has 1 aromatic heterocycles. The van der Waals surface area contributed by atoms with Crippen LogP contribution in [0.4, 0.5) is 0 Å². The van der Waals surface area contributed by atoms with Gasteiger partial charge in [-0.25, -0.2) is 9.48 Å². The summed E-state index contributed by atoms with van der Waals surface area (Å²) in [6.45, 7) is 3.78.